The zero-order chi connectivity index (χ0) is 16.5. The molecule has 6 heteroatoms. The number of thiophene rings is 1. The lowest BCUT2D eigenvalue weighted by molar-refractivity contribution is 0.0938. The molecule has 24 heavy (non-hydrogen) atoms. The molecule has 1 aliphatic carbocycles. The van der Waals surface area contributed by atoms with Crippen LogP contribution in [-0.2, 0) is 0 Å². The Morgan fingerprint density at radius 2 is 1.96 bits per heavy atom. The maximum absolute atomic E-state index is 12.4. The van der Waals surface area contributed by atoms with Gasteiger partial charge in [-0.3, -0.25) is 4.79 Å². The van der Waals surface area contributed by atoms with Gasteiger partial charge in [0, 0.05) is 10.9 Å². The van der Waals surface area contributed by atoms with E-state index in [2.05, 4.69) is 5.32 Å². The second kappa shape index (κ2) is 6.45. The van der Waals surface area contributed by atoms with Crippen LogP contribution in [0.5, 0.6) is 11.5 Å². The fourth-order valence-corrected chi connectivity index (χ4v) is 4.06. The van der Waals surface area contributed by atoms with Crippen molar-refractivity contribution in [3.05, 3.63) is 35.2 Å². The Labute approximate surface area is 144 Å². The summed E-state index contributed by atoms with van der Waals surface area (Å²) in [6, 6.07) is 9.71. The summed E-state index contributed by atoms with van der Waals surface area (Å²) in [5, 5.41) is 12.6. The van der Waals surface area contributed by atoms with Gasteiger partial charge in [-0.05, 0) is 55.2 Å². The number of benzene rings is 1. The molecule has 1 aromatic carbocycles. The van der Waals surface area contributed by atoms with Gasteiger partial charge in [0.25, 0.3) is 5.91 Å². The van der Waals surface area contributed by atoms with E-state index in [4.69, 9.17) is 9.47 Å². The molecule has 0 spiro atoms. The molecule has 2 aromatic rings. The van der Waals surface area contributed by atoms with Crippen LogP contribution in [0.25, 0.3) is 10.4 Å². The lowest BCUT2D eigenvalue weighted by Gasteiger charge is -2.18. The van der Waals surface area contributed by atoms with Crippen molar-refractivity contribution in [2.45, 2.75) is 31.4 Å². The molecular weight excluding hydrogens is 326 g/mol. The van der Waals surface area contributed by atoms with Crippen molar-refractivity contribution in [2.75, 3.05) is 13.2 Å². The highest BCUT2D eigenvalue weighted by Crippen LogP contribution is 2.37. The van der Waals surface area contributed by atoms with Crippen LogP contribution in [0.3, 0.4) is 0 Å². The monoisotopic (exact) mass is 345 g/mol. The molecule has 1 fully saturated rings. The highest BCUT2D eigenvalue weighted by atomic mass is 32.1. The Morgan fingerprint density at radius 3 is 2.75 bits per heavy atom. The Bertz CT molecular complexity index is 757. The van der Waals surface area contributed by atoms with Crippen LogP contribution in [0, 0.1) is 0 Å². The molecule has 0 bridgehead atoms. The molecule has 0 saturated heterocycles. The third-order valence-electron chi connectivity index (χ3n) is 4.40. The maximum Gasteiger partial charge on any atom is 0.261 e. The van der Waals surface area contributed by atoms with Gasteiger partial charge in [0.1, 0.15) is 13.2 Å². The van der Waals surface area contributed by atoms with Crippen molar-refractivity contribution in [1.29, 1.82) is 0 Å². The minimum absolute atomic E-state index is 0.0668. The first-order valence-corrected chi connectivity index (χ1v) is 8.99. The van der Waals surface area contributed by atoms with Crippen molar-refractivity contribution < 1.29 is 19.4 Å². The van der Waals surface area contributed by atoms with E-state index in [1.807, 2.05) is 30.3 Å². The predicted molar refractivity (Wildman–Crippen MR) is 91.9 cm³/mol. The minimum Gasteiger partial charge on any atom is -0.486 e. The number of aliphatic hydroxyl groups is 1. The largest absolute Gasteiger partial charge is 0.486 e. The van der Waals surface area contributed by atoms with Crippen LogP contribution >= 0.6 is 11.3 Å². The van der Waals surface area contributed by atoms with E-state index in [0.717, 1.165) is 34.8 Å². The Balaban J connectivity index is 1.49. The first-order chi connectivity index (χ1) is 11.7. The predicted octanol–water partition coefficient (Wildman–Crippen LogP) is 2.83. The van der Waals surface area contributed by atoms with Crippen LogP contribution in [-0.4, -0.2) is 36.4 Å². The zero-order valence-corrected chi connectivity index (χ0v) is 14.0. The fraction of sp³-hybridized carbons (Fsp3) is 0.389. The summed E-state index contributed by atoms with van der Waals surface area (Å²) in [6.45, 7) is 1.13. The smallest absolute Gasteiger partial charge is 0.261 e. The third-order valence-corrected chi connectivity index (χ3v) is 5.53. The van der Waals surface area contributed by atoms with Crippen LogP contribution in [0.4, 0.5) is 0 Å². The third kappa shape index (κ3) is 3.12. The summed E-state index contributed by atoms with van der Waals surface area (Å²) >= 11 is 1.46. The zero-order valence-electron chi connectivity index (χ0n) is 13.2. The fourth-order valence-electron chi connectivity index (χ4n) is 3.16. The summed E-state index contributed by atoms with van der Waals surface area (Å²) in [6.07, 6.45) is 1.96. The number of rotatable bonds is 3. The highest BCUT2D eigenvalue weighted by Gasteiger charge is 2.25. The van der Waals surface area contributed by atoms with Crippen molar-refractivity contribution in [1.82, 2.24) is 5.32 Å². The summed E-state index contributed by atoms with van der Waals surface area (Å²) in [5.74, 6) is 1.44. The van der Waals surface area contributed by atoms with Gasteiger partial charge in [-0.15, -0.1) is 11.3 Å². The number of hydrogen-bond acceptors (Lipinski definition) is 5. The highest BCUT2D eigenvalue weighted by molar-refractivity contribution is 7.17. The van der Waals surface area contributed by atoms with E-state index in [1.165, 1.54) is 11.3 Å². The summed E-state index contributed by atoms with van der Waals surface area (Å²) < 4.78 is 11.1. The minimum atomic E-state index is -0.285. The van der Waals surface area contributed by atoms with Gasteiger partial charge < -0.3 is 19.9 Å². The lowest BCUT2D eigenvalue weighted by Crippen LogP contribution is -2.32. The van der Waals surface area contributed by atoms with Crippen LogP contribution in [0.2, 0.25) is 0 Å². The van der Waals surface area contributed by atoms with Gasteiger partial charge in [0.2, 0.25) is 0 Å². The SMILES string of the molecule is O=C(N[C@H]1CC[C@@H](O)C1)c1ccc(-c2ccc3c(c2)OCCO3)s1. The Morgan fingerprint density at radius 1 is 1.12 bits per heavy atom. The van der Waals surface area contributed by atoms with E-state index in [0.29, 0.717) is 24.5 Å². The molecular formula is C18H19NO4S. The van der Waals surface area contributed by atoms with Gasteiger partial charge >= 0.3 is 0 Å². The van der Waals surface area contributed by atoms with Crippen molar-refractivity contribution >= 4 is 17.2 Å². The van der Waals surface area contributed by atoms with E-state index < -0.39 is 0 Å². The van der Waals surface area contributed by atoms with Crippen LogP contribution in [0.1, 0.15) is 28.9 Å². The molecule has 1 aliphatic heterocycles. The average molecular weight is 345 g/mol. The molecule has 0 unspecified atom stereocenters. The maximum atomic E-state index is 12.4. The molecule has 5 nitrogen and oxygen atoms in total. The number of hydrogen-bond donors (Lipinski definition) is 2. The summed E-state index contributed by atoms with van der Waals surface area (Å²) in [5.41, 5.74) is 1.01. The Hall–Kier alpha value is -2.05. The molecule has 2 heterocycles. The van der Waals surface area contributed by atoms with Gasteiger partial charge in [0.05, 0.1) is 11.0 Å². The number of fused-ring (bicyclic) bond motifs is 1. The second-order valence-corrected chi connectivity index (χ2v) is 7.24. The van der Waals surface area contributed by atoms with Gasteiger partial charge in [-0.2, -0.15) is 0 Å². The first-order valence-electron chi connectivity index (χ1n) is 8.18. The number of aliphatic hydroxyl groups excluding tert-OH is 1. The molecule has 126 valence electrons. The molecule has 0 radical (unpaired) electrons. The quantitative estimate of drug-likeness (QED) is 0.898. The molecule has 1 amide bonds. The number of ether oxygens (including phenoxy) is 2. The molecule has 1 saturated carbocycles. The van der Waals surface area contributed by atoms with Crippen molar-refractivity contribution in [3.63, 3.8) is 0 Å². The standard InChI is InChI=1S/C18H19NO4S/c20-13-3-2-12(10-13)19-18(21)17-6-5-16(24-17)11-1-4-14-15(9-11)23-8-7-22-14/h1,4-6,9,12-13,20H,2-3,7-8,10H2,(H,19,21)/t12-,13+/m0/s1. The number of nitrogens with one attached hydrogen (secondary N) is 1. The van der Waals surface area contributed by atoms with E-state index >= 15 is 0 Å². The molecule has 4 rings (SSSR count). The number of amides is 1. The molecule has 1 aromatic heterocycles. The van der Waals surface area contributed by atoms with Crippen molar-refractivity contribution in [2.24, 2.45) is 0 Å². The van der Waals surface area contributed by atoms with Gasteiger partial charge in [-0.25, -0.2) is 0 Å². The van der Waals surface area contributed by atoms with Crippen LogP contribution < -0.4 is 14.8 Å². The normalized spacial score (nSPS) is 22.4. The number of carbonyl (C=O) groups excluding carboxylic acids is 1. The molecule has 2 aliphatic rings. The average Bonchev–Trinajstić information content (AvgIpc) is 3.24. The topological polar surface area (TPSA) is 67.8 Å². The first kappa shape index (κ1) is 15.5. The van der Waals surface area contributed by atoms with E-state index in [-0.39, 0.29) is 18.1 Å². The number of carbonyl (C=O) groups is 1. The Kier molecular flexibility index (Phi) is 4.16. The lowest BCUT2D eigenvalue weighted by atomic mass is 10.1. The summed E-state index contributed by atoms with van der Waals surface area (Å²) in [7, 11) is 0. The summed E-state index contributed by atoms with van der Waals surface area (Å²) in [4.78, 5) is 14.1. The van der Waals surface area contributed by atoms with Gasteiger partial charge in [-0.1, -0.05) is 0 Å². The van der Waals surface area contributed by atoms with E-state index in [9.17, 15) is 9.90 Å². The molecule has 2 N–H and O–H groups in total. The van der Waals surface area contributed by atoms with Crippen LogP contribution in [0.15, 0.2) is 30.3 Å². The molecule has 2 atom stereocenters. The van der Waals surface area contributed by atoms with Crippen molar-refractivity contribution in [3.8, 4) is 21.9 Å². The second-order valence-electron chi connectivity index (χ2n) is 6.16. The van der Waals surface area contributed by atoms with Gasteiger partial charge in [0.15, 0.2) is 11.5 Å². The van der Waals surface area contributed by atoms with E-state index in [1.54, 1.807) is 0 Å².